The van der Waals surface area contributed by atoms with Crippen LogP contribution in [0, 0.1) is 0 Å². The molecule has 1 saturated carbocycles. The van der Waals surface area contributed by atoms with Gasteiger partial charge in [-0.2, -0.15) is 0 Å². The first kappa shape index (κ1) is 45.1. The lowest BCUT2D eigenvalue weighted by atomic mass is 9.85. The number of phosphoric acid groups is 1. The Labute approximate surface area is 288 Å². The second kappa shape index (κ2) is 26.8. The van der Waals surface area contributed by atoms with Gasteiger partial charge in [-0.25, -0.2) is 4.57 Å². The number of aliphatic hydroxyl groups excluding tert-OH is 6. The summed E-state index contributed by atoms with van der Waals surface area (Å²) in [5, 5.41) is 63.4. The summed E-state index contributed by atoms with van der Waals surface area (Å²) in [6.07, 6.45) is 13.3. The Balaban J connectivity index is 2.60. The minimum Gasteiger partial charge on any atom is -0.387 e. The summed E-state index contributed by atoms with van der Waals surface area (Å²) < 4.78 is 22.7. The molecule has 0 spiro atoms. The largest absolute Gasteiger partial charge is 0.472 e. The van der Waals surface area contributed by atoms with Gasteiger partial charge in [-0.3, -0.25) is 13.8 Å². The van der Waals surface area contributed by atoms with Crippen molar-refractivity contribution in [3.63, 3.8) is 0 Å². The fourth-order valence-corrected chi connectivity index (χ4v) is 6.87. The fourth-order valence-electron chi connectivity index (χ4n) is 5.90. The van der Waals surface area contributed by atoms with E-state index in [-0.39, 0.29) is 12.3 Å². The van der Waals surface area contributed by atoms with Crippen LogP contribution in [0.1, 0.15) is 149 Å². The predicted octanol–water partition coefficient (Wildman–Crippen LogP) is 4.94. The van der Waals surface area contributed by atoms with Crippen LogP contribution in [0.4, 0.5) is 0 Å². The summed E-state index contributed by atoms with van der Waals surface area (Å²) in [7, 11) is -5.06. The second-order valence-corrected chi connectivity index (χ2v) is 14.8. The van der Waals surface area contributed by atoms with Gasteiger partial charge in [-0.15, -0.1) is 0 Å². The first-order valence-electron chi connectivity index (χ1n) is 18.6. The Morgan fingerprint density at radius 1 is 0.688 bits per heavy atom. The molecule has 0 aromatic carbocycles. The number of allylic oxidation sites excluding steroid dienone is 1. The van der Waals surface area contributed by atoms with Crippen molar-refractivity contribution in [2.45, 2.75) is 197 Å². The van der Waals surface area contributed by atoms with Crippen molar-refractivity contribution in [2.75, 3.05) is 6.61 Å². The molecule has 1 amide bonds. The lowest BCUT2D eigenvalue weighted by Crippen LogP contribution is -2.64. The summed E-state index contributed by atoms with van der Waals surface area (Å²) in [5.41, 5.74) is 0. The van der Waals surface area contributed by atoms with Crippen LogP contribution < -0.4 is 5.32 Å². The van der Waals surface area contributed by atoms with E-state index in [1.54, 1.807) is 0 Å². The molecular formula is C35H68NO11P. The number of hydrogen-bond acceptors (Lipinski definition) is 10. The standard InChI is InChI=1S/C35H68NO11P/c1-3-5-7-9-11-12-13-14-15-16-17-19-20-22-24-28(37)27(36-29(38)25-23-21-18-10-8-6-4-2)26-46-48(44,45)47-35-33(42)31(40)30(39)32(41)34(35)43/h22,24,27-28,30-35,37,39-43H,3-21,23,25-26H2,1-2H3,(H,36,38)(H,44,45)/b24-22+/t27-,28+,30?,31+,32?,33?,34?,35?/m0/s1. The zero-order chi connectivity index (χ0) is 35.8. The zero-order valence-electron chi connectivity index (χ0n) is 29.5. The molecule has 0 saturated heterocycles. The number of nitrogens with one attached hydrogen (secondary N) is 1. The van der Waals surface area contributed by atoms with E-state index in [0.717, 1.165) is 57.8 Å². The number of phosphoric ester groups is 1. The maximum Gasteiger partial charge on any atom is 0.472 e. The molecule has 1 fully saturated rings. The number of rotatable bonds is 29. The molecule has 0 bridgehead atoms. The van der Waals surface area contributed by atoms with Gasteiger partial charge in [0, 0.05) is 6.42 Å². The van der Waals surface area contributed by atoms with Gasteiger partial charge in [0.15, 0.2) is 0 Å². The van der Waals surface area contributed by atoms with Crippen LogP contribution in [0.25, 0.3) is 0 Å². The highest BCUT2D eigenvalue weighted by molar-refractivity contribution is 7.47. The normalized spacial score (nSPS) is 25.6. The van der Waals surface area contributed by atoms with Crippen molar-refractivity contribution in [2.24, 2.45) is 0 Å². The van der Waals surface area contributed by atoms with E-state index in [1.165, 1.54) is 70.3 Å². The number of unbranched alkanes of at least 4 members (excludes halogenated alkanes) is 18. The smallest absolute Gasteiger partial charge is 0.387 e. The number of aliphatic hydroxyl groups is 6. The Morgan fingerprint density at radius 2 is 1.10 bits per heavy atom. The van der Waals surface area contributed by atoms with Gasteiger partial charge in [0.2, 0.25) is 5.91 Å². The van der Waals surface area contributed by atoms with E-state index in [2.05, 4.69) is 19.2 Å². The average Bonchev–Trinajstić information content (AvgIpc) is 3.06. The number of amides is 1. The maximum absolute atomic E-state index is 12.7. The Kier molecular flexibility index (Phi) is 25.2. The van der Waals surface area contributed by atoms with Gasteiger partial charge < -0.3 is 40.8 Å². The van der Waals surface area contributed by atoms with Gasteiger partial charge in [0.1, 0.15) is 36.6 Å². The first-order chi connectivity index (χ1) is 22.9. The Hall–Kier alpha value is -0.920. The van der Waals surface area contributed by atoms with E-state index in [1.807, 2.05) is 6.08 Å². The summed E-state index contributed by atoms with van der Waals surface area (Å²) >= 11 is 0. The third-order valence-electron chi connectivity index (χ3n) is 9.07. The molecule has 1 rings (SSSR count). The SMILES string of the molecule is CCCCCCCCCCCCCC/C=C/[C@@H](O)[C@H](COP(=O)(O)OC1C(O)C(O)C(O)[C@@H](O)C1O)NC(=O)CCCCCCCCC. The van der Waals surface area contributed by atoms with Crippen molar-refractivity contribution >= 4 is 13.7 Å². The van der Waals surface area contributed by atoms with E-state index >= 15 is 0 Å². The number of carbonyl (C=O) groups excluding carboxylic acids is 1. The van der Waals surface area contributed by atoms with Gasteiger partial charge >= 0.3 is 7.82 Å². The molecular weight excluding hydrogens is 641 g/mol. The lowest BCUT2D eigenvalue weighted by molar-refractivity contribution is -0.220. The number of hydrogen-bond donors (Lipinski definition) is 8. The second-order valence-electron chi connectivity index (χ2n) is 13.4. The summed E-state index contributed by atoms with van der Waals surface area (Å²) in [6.45, 7) is 3.74. The monoisotopic (exact) mass is 709 g/mol. The summed E-state index contributed by atoms with van der Waals surface area (Å²) in [5.74, 6) is -0.349. The molecule has 48 heavy (non-hydrogen) atoms. The van der Waals surface area contributed by atoms with E-state index < -0.39 is 63.2 Å². The molecule has 9 atom stereocenters. The molecule has 284 valence electrons. The summed E-state index contributed by atoms with van der Waals surface area (Å²) in [6, 6.07) is -1.11. The quantitative estimate of drug-likeness (QED) is 0.0297. The van der Waals surface area contributed by atoms with Crippen molar-refractivity contribution in [1.82, 2.24) is 5.32 Å². The van der Waals surface area contributed by atoms with E-state index in [4.69, 9.17) is 9.05 Å². The molecule has 0 aromatic rings. The van der Waals surface area contributed by atoms with Crippen molar-refractivity contribution in [3.8, 4) is 0 Å². The van der Waals surface area contributed by atoms with Gasteiger partial charge in [-0.1, -0.05) is 135 Å². The molecule has 1 aliphatic rings. The van der Waals surface area contributed by atoms with Gasteiger partial charge in [0.25, 0.3) is 0 Å². The molecule has 6 unspecified atom stereocenters. The average molecular weight is 710 g/mol. The first-order valence-corrected chi connectivity index (χ1v) is 20.1. The molecule has 0 heterocycles. The van der Waals surface area contributed by atoms with E-state index in [0.29, 0.717) is 6.42 Å². The van der Waals surface area contributed by atoms with Crippen LogP contribution in [0.15, 0.2) is 12.2 Å². The van der Waals surface area contributed by atoms with Gasteiger partial charge in [-0.05, 0) is 19.3 Å². The van der Waals surface area contributed by atoms with Crippen LogP contribution in [-0.2, 0) is 18.4 Å². The topological polar surface area (TPSA) is 206 Å². The van der Waals surface area contributed by atoms with Crippen LogP contribution in [0.5, 0.6) is 0 Å². The Bertz CT molecular complexity index is 879. The van der Waals surface area contributed by atoms with Crippen LogP contribution >= 0.6 is 7.82 Å². The molecule has 12 nitrogen and oxygen atoms in total. The molecule has 0 aliphatic heterocycles. The fraction of sp³-hybridized carbons (Fsp3) is 0.914. The minimum absolute atomic E-state index is 0.214. The molecule has 1 aliphatic carbocycles. The highest BCUT2D eigenvalue weighted by Gasteiger charge is 2.51. The van der Waals surface area contributed by atoms with Crippen LogP contribution in [0.2, 0.25) is 0 Å². The molecule has 0 radical (unpaired) electrons. The minimum atomic E-state index is -5.06. The maximum atomic E-state index is 12.7. The third-order valence-corrected chi connectivity index (χ3v) is 10.1. The van der Waals surface area contributed by atoms with Gasteiger partial charge in [0.05, 0.1) is 18.8 Å². The third kappa shape index (κ3) is 19.5. The highest BCUT2D eigenvalue weighted by Crippen LogP contribution is 2.47. The zero-order valence-corrected chi connectivity index (χ0v) is 30.4. The highest BCUT2D eigenvalue weighted by atomic mass is 31.2. The molecule has 13 heteroatoms. The Morgan fingerprint density at radius 3 is 1.58 bits per heavy atom. The van der Waals surface area contributed by atoms with E-state index in [9.17, 15) is 44.9 Å². The molecule has 0 aromatic heterocycles. The predicted molar refractivity (Wildman–Crippen MR) is 186 cm³/mol. The van der Waals surface area contributed by atoms with Crippen LogP contribution in [0.3, 0.4) is 0 Å². The van der Waals surface area contributed by atoms with Crippen molar-refractivity contribution < 1.29 is 53.9 Å². The number of carbonyl (C=O) groups is 1. The summed E-state index contributed by atoms with van der Waals surface area (Å²) in [4.78, 5) is 23.0. The molecule has 8 N–H and O–H groups in total. The van der Waals surface area contributed by atoms with Crippen LogP contribution in [-0.4, -0.2) is 96.8 Å². The van der Waals surface area contributed by atoms with Crippen molar-refractivity contribution in [1.29, 1.82) is 0 Å². The lowest BCUT2D eigenvalue weighted by Gasteiger charge is -2.41. The van der Waals surface area contributed by atoms with Crippen molar-refractivity contribution in [3.05, 3.63) is 12.2 Å².